The molecule has 0 fully saturated rings. The second-order valence-corrected chi connectivity index (χ2v) is 3.82. The van der Waals surface area contributed by atoms with Gasteiger partial charge >= 0.3 is 11.9 Å². The third-order valence-corrected chi connectivity index (χ3v) is 2.16. The standard InChI is InChI=1S/C11H13F3N2O4/c1-15-5-8-2-3-10(9(4-8)16(17)18)20-7-19-6-11(12,13)14/h2-4,15H,5-7H2,1H3. The molecule has 0 aliphatic rings. The van der Waals surface area contributed by atoms with Crippen molar-refractivity contribution < 1.29 is 27.6 Å². The quantitative estimate of drug-likeness (QED) is 0.361. The molecule has 0 saturated carbocycles. The van der Waals surface area contributed by atoms with Crippen molar-refractivity contribution in [2.75, 3.05) is 20.4 Å². The van der Waals surface area contributed by atoms with Gasteiger partial charge in [-0.2, -0.15) is 13.2 Å². The van der Waals surface area contributed by atoms with E-state index in [0.29, 0.717) is 12.1 Å². The smallest absolute Gasteiger partial charge is 0.411 e. The molecule has 1 aromatic rings. The van der Waals surface area contributed by atoms with Crippen LogP contribution in [0.3, 0.4) is 0 Å². The lowest BCUT2D eigenvalue weighted by atomic mass is 10.2. The summed E-state index contributed by atoms with van der Waals surface area (Å²) in [7, 11) is 1.68. The molecule has 9 heteroatoms. The monoisotopic (exact) mass is 294 g/mol. The second kappa shape index (κ2) is 7.06. The van der Waals surface area contributed by atoms with E-state index in [0.717, 1.165) is 0 Å². The zero-order valence-corrected chi connectivity index (χ0v) is 10.6. The third-order valence-electron chi connectivity index (χ3n) is 2.16. The van der Waals surface area contributed by atoms with Gasteiger partial charge in [0, 0.05) is 12.6 Å². The molecule has 6 nitrogen and oxygen atoms in total. The zero-order chi connectivity index (χ0) is 15.2. The van der Waals surface area contributed by atoms with Gasteiger partial charge in [0.25, 0.3) is 0 Å². The Labute approximate surface area is 112 Å². The Morgan fingerprint density at radius 2 is 2.10 bits per heavy atom. The van der Waals surface area contributed by atoms with Crippen LogP contribution in [0.2, 0.25) is 0 Å². The molecule has 112 valence electrons. The van der Waals surface area contributed by atoms with Crippen LogP contribution in [0.5, 0.6) is 5.75 Å². The van der Waals surface area contributed by atoms with Crippen molar-refractivity contribution in [2.45, 2.75) is 12.7 Å². The number of hydrogen-bond acceptors (Lipinski definition) is 5. The van der Waals surface area contributed by atoms with Crippen LogP contribution in [-0.4, -0.2) is 31.5 Å². The number of hydrogen-bond donors (Lipinski definition) is 1. The summed E-state index contributed by atoms with van der Waals surface area (Å²) in [5, 5.41) is 13.7. The van der Waals surface area contributed by atoms with Crippen molar-refractivity contribution in [3.63, 3.8) is 0 Å². The topological polar surface area (TPSA) is 73.6 Å². The number of nitro benzene ring substituents is 1. The number of rotatable bonds is 7. The lowest BCUT2D eigenvalue weighted by molar-refractivity contribution is -0.386. The maximum Gasteiger partial charge on any atom is 0.411 e. The predicted octanol–water partition coefficient (Wildman–Crippen LogP) is 2.23. The summed E-state index contributed by atoms with van der Waals surface area (Å²) in [4.78, 5) is 10.2. The summed E-state index contributed by atoms with van der Waals surface area (Å²) >= 11 is 0. The molecular formula is C11H13F3N2O4. The first kappa shape index (κ1) is 16.2. The van der Waals surface area contributed by atoms with Crippen LogP contribution < -0.4 is 10.1 Å². The van der Waals surface area contributed by atoms with Gasteiger partial charge in [-0.05, 0) is 18.7 Å². The molecule has 0 bridgehead atoms. The molecule has 0 spiro atoms. The summed E-state index contributed by atoms with van der Waals surface area (Å²) in [5.74, 6) is -0.142. The van der Waals surface area contributed by atoms with E-state index in [1.165, 1.54) is 12.1 Å². The maximum atomic E-state index is 11.8. The molecule has 0 radical (unpaired) electrons. The van der Waals surface area contributed by atoms with Crippen molar-refractivity contribution in [2.24, 2.45) is 0 Å². The van der Waals surface area contributed by atoms with Crippen molar-refractivity contribution in [1.29, 1.82) is 0 Å². The third kappa shape index (κ3) is 5.41. The van der Waals surface area contributed by atoms with E-state index in [1.54, 1.807) is 13.1 Å². The van der Waals surface area contributed by atoms with Gasteiger partial charge < -0.3 is 14.8 Å². The Morgan fingerprint density at radius 3 is 2.65 bits per heavy atom. The Balaban J connectivity index is 2.67. The van der Waals surface area contributed by atoms with Gasteiger partial charge in [0.2, 0.25) is 0 Å². The molecule has 0 unspecified atom stereocenters. The normalized spacial score (nSPS) is 11.4. The van der Waals surface area contributed by atoms with Gasteiger partial charge in [0.05, 0.1) is 4.92 Å². The van der Waals surface area contributed by atoms with Crippen LogP contribution in [-0.2, 0) is 11.3 Å². The van der Waals surface area contributed by atoms with Crippen LogP contribution in [0.25, 0.3) is 0 Å². The molecule has 0 aliphatic carbocycles. The number of benzene rings is 1. The van der Waals surface area contributed by atoms with Crippen LogP contribution in [0.4, 0.5) is 18.9 Å². The first-order chi connectivity index (χ1) is 9.33. The minimum atomic E-state index is -4.47. The highest BCUT2D eigenvalue weighted by Gasteiger charge is 2.27. The van der Waals surface area contributed by atoms with Crippen LogP contribution in [0, 0.1) is 10.1 Å². The molecular weight excluding hydrogens is 281 g/mol. The van der Waals surface area contributed by atoms with Crippen LogP contribution >= 0.6 is 0 Å². The van der Waals surface area contributed by atoms with Crippen LogP contribution in [0.15, 0.2) is 18.2 Å². The molecule has 0 saturated heterocycles. The Morgan fingerprint density at radius 1 is 1.40 bits per heavy atom. The lowest BCUT2D eigenvalue weighted by Crippen LogP contribution is -2.19. The fourth-order valence-electron chi connectivity index (χ4n) is 1.40. The van der Waals surface area contributed by atoms with Gasteiger partial charge in [-0.25, -0.2) is 0 Å². The first-order valence-electron chi connectivity index (χ1n) is 5.52. The van der Waals surface area contributed by atoms with E-state index < -0.39 is 24.5 Å². The molecule has 0 heterocycles. The SMILES string of the molecule is CNCc1ccc(OCOCC(F)(F)F)c([N+](=O)[O-])c1. The highest BCUT2D eigenvalue weighted by molar-refractivity contribution is 5.48. The molecule has 20 heavy (non-hydrogen) atoms. The second-order valence-electron chi connectivity index (χ2n) is 3.82. The average Bonchev–Trinajstić information content (AvgIpc) is 2.35. The van der Waals surface area contributed by atoms with Crippen molar-refractivity contribution in [3.8, 4) is 5.75 Å². The molecule has 0 aliphatic heterocycles. The summed E-state index contributed by atoms with van der Waals surface area (Å²) < 4.78 is 44.6. The number of nitrogens with one attached hydrogen (secondary N) is 1. The van der Waals surface area contributed by atoms with E-state index >= 15 is 0 Å². The Bertz CT molecular complexity index is 465. The number of alkyl halides is 3. The molecule has 0 atom stereocenters. The highest BCUT2D eigenvalue weighted by atomic mass is 19.4. The first-order valence-corrected chi connectivity index (χ1v) is 5.52. The number of nitro groups is 1. The molecule has 1 N–H and O–H groups in total. The minimum Gasteiger partial charge on any atom is -0.460 e. The predicted molar refractivity (Wildman–Crippen MR) is 63.4 cm³/mol. The van der Waals surface area contributed by atoms with Crippen LogP contribution in [0.1, 0.15) is 5.56 Å². The van der Waals surface area contributed by atoms with Gasteiger partial charge in [0.15, 0.2) is 12.5 Å². The van der Waals surface area contributed by atoms with E-state index in [9.17, 15) is 23.3 Å². The van der Waals surface area contributed by atoms with Crippen molar-refractivity contribution in [3.05, 3.63) is 33.9 Å². The average molecular weight is 294 g/mol. The molecule has 0 aromatic heterocycles. The number of nitrogens with zero attached hydrogens (tertiary/aromatic N) is 1. The van der Waals surface area contributed by atoms with E-state index in [-0.39, 0.29) is 11.4 Å². The minimum absolute atomic E-state index is 0.142. The molecule has 1 rings (SSSR count). The Hall–Kier alpha value is -1.87. The zero-order valence-electron chi connectivity index (χ0n) is 10.6. The summed E-state index contributed by atoms with van der Waals surface area (Å²) in [6.45, 7) is -1.77. The van der Waals surface area contributed by atoms with Gasteiger partial charge in [-0.15, -0.1) is 0 Å². The summed E-state index contributed by atoms with van der Waals surface area (Å²) in [6, 6.07) is 4.18. The largest absolute Gasteiger partial charge is 0.460 e. The van der Waals surface area contributed by atoms with Gasteiger partial charge in [0.1, 0.15) is 6.61 Å². The van der Waals surface area contributed by atoms with E-state index in [4.69, 9.17) is 4.74 Å². The fourth-order valence-corrected chi connectivity index (χ4v) is 1.40. The van der Waals surface area contributed by atoms with Crippen molar-refractivity contribution in [1.82, 2.24) is 5.32 Å². The lowest BCUT2D eigenvalue weighted by Gasteiger charge is -2.10. The van der Waals surface area contributed by atoms with Gasteiger partial charge in [-0.1, -0.05) is 6.07 Å². The Kier molecular flexibility index (Phi) is 5.71. The maximum absolute atomic E-state index is 11.8. The fraction of sp³-hybridized carbons (Fsp3) is 0.455. The summed E-state index contributed by atoms with van der Waals surface area (Å²) in [6.07, 6.45) is -4.47. The molecule has 1 aromatic carbocycles. The summed E-state index contributed by atoms with van der Waals surface area (Å²) in [5.41, 5.74) is 0.330. The van der Waals surface area contributed by atoms with E-state index in [1.807, 2.05) is 0 Å². The number of halogens is 3. The number of ether oxygens (including phenoxy) is 2. The van der Waals surface area contributed by atoms with Crippen molar-refractivity contribution >= 4 is 5.69 Å². The highest BCUT2D eigenvalue weighted by Crippen LogP contribution is 2.28. The van der Waals surface area contributed by atoms with Gasteiger partial charge in [-0.3, -0.25) is 10.1 Å². The van der Waals surface area contributed by atoms with E-state index in [2.05, 4.69) is 10.1 Å². The molecule has 0 amide bonds.